The molecular weight excluding hydrogens is 431 g/mol. The van der Waals surface area contributed by atoms with Crippen molar-refractivity contribution in [2.24, 2.45) is 5.41 Å². The highest BCUT2D eigenvalue weighted by atomic mass is 19.1. The third-order valence-corrected chi connectivity index (χ3v) is 7.24. The van der Waals surface area contributed by atoms with E-state index in [9.17, 15) is 4.39 Å². The van der Waals surface area contributed by atoms with Gasteiger partial charge in [0.25, 0.3) is 0 Å². The Morgan fingerprint density at radius 1 is 1.09 bits per heavy atom. The first kappa shape index (κ1) is 22.9. The number of fused-ring (bicyclic) bond motifs is 1. The summed E-state index contributed by atoms with van der Waals surface area (Å²) in [4.78, 5) is 9.75. The van der Waals surface area contributed by atoms with E-state index in [4.69, 9.17) is 14.5 Å². The van der Waals surface area contributed by atoms with Gasteiger partial charge in [0.15, 0.2) is 11.6 Å². The van der Waals surface area contributed by atoms with E-state index in [1.54, 1.807) is 12.1 Å². The molecule has 5 rings (SSSR count). The summed E-state index contributed by atoms with van der Waals surface area (Å²) in [7, 11) is 5.59. The SMILES string of the molecule is CNCCOc1ccc(-c2cc(N3CCC4(CCN(C)C4)C3)c3cc(F)c(OC)cc3n2)cc1. The Labute approximate surface area is 200 Å². The molecule has 0 amide bonds. The van der Waals surface area contributed by atoms with Crippen molar-refractivity contribution >= 4 is 16.6 Å². The molecule has 1 aromatic heterocycles. The summed E-state index contributed by atoms with van der Waals surface area (Å²) in [6.45, 7) is 5.63. The third kappa shape index (κ3) is 4.42. The van der Waals surface area contributed by atoms with Gasteiger partial charge in [-0.2, -0.15) is 0 Å². The number of nitrogens with one attached hydrogen (secondary N) is 1. The van der Waals surface area contributed by atoms with Crippen LogP contribution in [-0.2, 0) is 0 Å². The molecular formula is C27H33FN4O2. The second-order valence-electron chi connectivity index (χ2n) is 9.67. The summed E-state index contributed by atoms with van der Waals surface area (Å²) in [5, 5.41) is 3.91. The number of hydrogen-bond acceptors (Lipinski definition) is 6. The molecule has 1 spiro atoms. The Bertz CT molecular complexity index is 1170. The lowest BCUT2D eigenvalue weighted by Crippen LogP contribution is -2.29. The molecule has 3 heterocycles. The first-order valence-corrected chi connectivity index (χ1v) is 12.0. The van der Waals surface area contributed by atoms with E-state index in [0.29, 0.717) is 12.0 Å². The Kier molecular flexibility index (Phi) is 6.32. The van der Waals surface area contributed by atoms with Gasteiger partial charge in [-0.15, -0.1) is 0 Å². The van der Waals surface area contributed by atoms with Crippen LogP contribution in [0.3, 0.4) is 0 Å². The first-order chi connectivity index (χ1) is 16.5. The van der Waals surface area contributed by atoms with Crippen LogP contribution in [0.5, 0.6) is 11.5 Å². The van der Waals surface area contributed by atoms with Crippen LogP contribution >= 0.6 is 0 Å². The Morgan fingerprint density at radius 2 is 1.88 bits per heavy atom. The molecule has 180 valence electrons. The number of nitrogens with zero attached hydrogens (tertiary/aromatic N) is 3. The fourth-order valence-electron chi connectivity index (χ4n) is 5.40. The zero-order valence-corrected chi connectivity index (χ0v) is 20.2. The fraction of sp³-hybridized carbons (Fsp3) is 0.444. The maximum atomic E-state index is 14.7. The molecule has 2 aliphatic rings. The summed E-state index contributed by atoms with van der Waals surface area (Å²) >= 11 is 0. The molecule has 2 aromatic carbocycles. The van der Waals surface area contributed by atoms with E-state index < -0.39 is 0 Å². The van der Waals surface area contributed by atoms with Crippen LogP contribution in [0.1, 0.15) is 12.8 Å². The Hall–Kier alpha value is -2.90. The highest BCUT2D eigenvalue weighted by Crippen LogP contribution is 2.43. The van der Waals surface area contributed by atoms with Crippen molar-refractivity contribution < 1.29 is 13.9 Å². The average Bonchev–Trinajstić information content (AvgIpc) is 3.43. The minimum absolute atomic E-state index is 0.215. The first-order valence-electron chi connectivity index (χ1n) is 12.0. The number of likely N-dealkylation sites (N-methyl/N-ethyl adjacent to an activating group) is 1. The predicted octanol–water partition coefficient (Wildman–Crippen LogP) is 4.18. The summed E-state index contributed by atoms with van der Waals surface area (Å²) < 4.78 is 25.8. The molecule has 2 saturated heterocycles. The molecule has 1 N–H and O–H groups in total. The Balaban J connectivity index is 1.52. The van der Waals surface area contributed by atoms with E-state index in [1.807, 2.05) is 31.3 Å². The number of ether oxygens (including phenoxy) is 2. The molecule has 0 aliphatic carbocycles. The molecule has 34 heavy (non-hydrogen) atoms. The normalized spacial score (nSPS) is 20.5. The maximum Gasteiger partial charge on any atom is 0.165 e. The van der Waals surface area contributed by atoms with Crippen molar-refractivity contribution in [2.75, 3.05) is 65.4 Å². The van der Waals surface area contributed by atoms with E-state index in [0.717, 1.165) is 72.7 Å². The molecule has 1 atom stereocenters. The van der Waals surface area contributed by atoms with E-state index in [1.165, 1.54) is 13.5 Å². The van der Waals surface area contributed by atoms with Gasteiger partial charge in [0.2, 0.25) is 0 Å². The van der Waals surface area contributed by atoms with Crippen molar-refractivity contribution in [3.8, 4) is 22.8 Å². The smallest absolute Gasteiger partial charge is 0.165 e. The van der Waals surface area contributed by atoms with Crippen LogP contribution in [0.25, 0.3) is 22.2 Å². The number of methoxy groups -OCH3 is 1. The van der Waals surface area contributed by atoms with Gasteiger partial charge >= 0.3 is 0 Å². The molecule has 2 aliphatic heterocycles. The number of aromatic nitrogens is 1. The summed E-state index contributed by atoms with van der Waals surface area (Å²) in [6.07, 6.45) is 2.38. The topological polar surface area (TPSA) is 49.9 Å². The highest BCUT2D eigenvalue weighted by Gasteiger charge is 2.42. The number of rotatable bonds is 7. The largest absolute Gasteiger partial charge is 0.494 e. The monoisotopic (exact) mass is 464 g/mol. The zero-order chi connectivity index (χ0) is 23.7. The van der Waals surface area contributed by atoms with Gasteiger partial charge in [-0.05, 0) is 69.9 Å². The molecule has 6 nitrogen and oxygen atoms in total. The maximum absolute atomic E-state index is 14.7. The lowest BCUT2D eigenvalue weighted by molar-refractivity contribution is 0.312. The van der Waals surface area contributed by atoms with Crippen molar-refractivity contribution in [3.05, 3.63) is 48.3 Å². The van der Waals surface area contributed by atoms with Gasteiger partial charge in [0.05, 0.1) is 18.3 Å². The number of likely N-dealkylation sites (tertiary alicyclic amines) is 1. The van der Waals surface area contributed by atoms with Crippen LogP contribution in [0.15, 0.2) is 42.5 Å². The second kappa shape index (κ2) is 9.39. The molecule has 2 fully saturated rings. The number of halogens is 1. The fourth-order valence-corrected chi connectivity index (χ4v) is 5.40. The molecule has 3 aromatic rings. The quantitative estimate of drug-likeness (QED) is 0.530. The van der Waals surface area contributed by atoms with Crippen molar-refractivity contribution in [2.45, 2.75) is 12.8 Å². The minimum Gasteiger partial charge on any atom is -0.494 e. The third-order valence-electron chi connectivity index (χ3n) is 7.24. The van der Waals surface area contributed by atoms with Crippen LogP contribution in [0.4, 0.5) is 10.1 Å². The van der Waals surface area contributed by atoms with E-state index in [-0.39, 0.29) is 11.6 Å². The standard InChI is InChI=1S/C27H33FN4O2/c1-29-10-13-34-20-6-4-19(5-7-20)23-15-25(21-14-22(28)26(33-3)16-24(21)30-23)32-12-9-27(18-32)8-11-31(2)17-27/h4-7,14-16,29H,8-13,17-18H2,1-3H3. The second-order valence-corrected chi connectivity index (χ2v) is 9.67. The summed E-state index contributed by atoms with van der Waals surface area (Å²) in [5.74, 6) is 0.686. The van der Waals surface area contributed by atoms with Crippen LogP contribution in [0, 0.1) is 11.2 Å². The van der Waals surface area contributed by atoms with Gasteiger partial charge in [-0.1, -0.05) is 0 Å². The van der Waals surface area contributed by atoms with Gasteiger partial charge in [0, 0.05) is 54.3 Å². The van der Waals surface area contributed by atoms with Crippen LogP contribution < -0.4 is 19.7 Å². The summed E-state index contributed by atoms with van der Waals surface area (Å²) in [6, 6.07) is 13.4. The van der Waals surface area contributed by atoms with Crippen molar-refractivity contribution in [1.29, 1.82) is 0 Å². The zero-order valence-electron chi connectivity index (χ0n) is 20.2. The molecule has 0 radical (unpaired) electrons. The van der Waals surface area contributed by atoms with E-state index >= 15 is 0 Å². The molecule has 0 saturated carbocycles. The van der Waals surface area contributed by atoms with E-state index in [2.05, 4.69) is 28.2 Å². The molecule has 7 heteroatoms. The van der Waals surface area contributed by atoms with Crippen molar-refractivity contribution in [1.82, 2.24) is 15.2 Å². The minimum atomic E-state index is -0.358. The van der Waals surface area contributed by atoms with Crippen LogP contribution in [0.2, 0.25) is 0 Å². The van der Waals surface area contributed by atoms with Crippen molar-refractivity contribution in [3.63, 3.8) is 0 Å². The number of pyridine rings is 1. The number of benzene rings is 2. The lowest BCUT2D eigenvalue weighted by Gasteiger charge is -2.26. The Morgan fingerprint density at radius 3 is 2.59 bits per heavy atom. The molecule has 1 unspecified atom stereocenters. The predicted molar refractivity (Wildman–Crippen MR) is 134 cm³/mol. The average molecular weight is 465 g/mol. The molecule has 0 bridgehead atoms. The van der Waals surface area contributed by atoms with Gasteiger partial charge in [-0.25, -0.2) is 9.37 Å². The van der Waals surface area contributed by atoms with Gasteiger partial charge in [-0.3, -0.25) is 0 Å². The van der Waals surface area contributed by atoms with Crippen LogP contribution in [-0.4, -0.2) is 70.4 Å². The lowest BCUT2D eigenvalue weighted by atomic mass is 9.86. The number of hydrogen-bond donors (Lipinski definition) is 1. The highest BCUT2D eigenvalue weighted by molar-refractivity contribution is 5.95. The number of anilines is 1. The summed E-state index contributed by atoms with van der Waals surface area (Å²) in [5.41, 5.74) is 3.97. The van der Waals surface area contributed by atoms with Gasteiger partial charge in [0.1, 0.15) is 12.4 Å². The van der Waals surface area contributed by atoms with Gasteiger partial charge < -0.3 is 24.6 Å².